The van der Waals surface area contributed by atoms with Crippen LogP contribution in [0, 0.1) is 6.92 Å². The monoisotopic (exact) mass is 401 g/mol. The summed E-state index contributed by atoms with van der Waals surface area (Å²) >= 11 is 0. The van der Waals surface area contributed by atoms with Gasteiger partial charge >= 0.3 is 0 Å². The summed E-state index contributed by atoms with van der Waals surface area (Å²) in [7, 11) is 0. The molecule has 7 nitrogen and oxygen atoms in total. The van der Waals surface area contributed by atoms with E-state index in [4.69, 9.17) is 0 Å². The number of fused-ring (bicyclic) bond motifs is 2. The van der Waals surface area contributed by atoms with E-state index in [2.05, 4.69) is 25.5 Å². The van der Waals surface area contributed by atoms with E-state index in [0.717, 1.165) is 53.6 Å². The number of rotatable bonds is 3. The predicted molar refractivity (Wildman–Crippen MR) is 116 cm³/mol. The Bertz CT molecular complexity index is 1300. The summed E-state index contributed by atoms with van der Waals surface area (Å²) in [6.45, 7) is 1.90. The van der Waals surface area contributed by atoms with Gasteiger partial charge in [0.25, 0.3) is 11.5 Å². The zero-order valence-electron chi connectivity index (χ0n) is 16.7. The Morgan fingerprint density at radius 1 is 1.07 bits per heavy atom. The van der Waals surface area contributed by atoms with E-state index in [0.29, 0.717) is 10.9 Å². The minimum absolute atomic E-state index is 0.0615. The Morgan fingerprint density at radius 3 is 2.63 bits per heavy atom. The van der Waals surface area contributed by atoms with Crippen molar-refractivity contribution in [2.24, 2.45) is 0 Å². The molecule has 7 heteroatoms. The molecular weight excluding hydrogens is 378 g/mol. The first-order valence-corrected chi connectivity index (χ1v) is 10.3. The van der Waals surface area contributed by atoms with Crippen LogP contribution in [0.25, 0.3) is 21.8 Å². The molecule has 0 aliphatic heterocycles. The van der Waals surface area contributed by atoms with Gasteiger partial charge in [-0.1, -0.05) is 18.2 Å². The van der Waals surface area contributed by atoms with Crippen molar-refractivity contribution in [3.05, 3.63) is 69.9 Å². The number of nitrogens with one attached hydrogen (secondary N) is 3. The largest absolute Gasteiger partial charge is 0.349 e. The number of imidazole rings is 1. The van der Waals surface area contributed by atoms with Crippen LogP contribution in [0.3, 0.4) is 0 Å². The van der Waals surface area contributed by atoms with E-state index in [9.17, 15) is 9.59 Å². The van der Waals surface area contributed by atoms with E-state index in [1.807, 2.05) is 49.4 Å². The Labute approximate surface area is 172 Å². The van der Waals surface area contributed by atoms with Crippen LogP contribution in [-0.4, -0.2) is 32.1 Å². The number of amides is 1. The molecule has 2 aromatic carbocycles. The average Bonchev–Trinajstić information content (AvgIpc) is 3.14. The molecule has 152 valence electrons. The van der Waals surface area contributed by atoms with Crippen LogP contribution in [-0.2, 0) is 0 Å². The molecule has 30 heavy (non-hydrogen) atoms. The van der Waals surface area contributed by atoms with Crippen LogP contribution in [0.5, 0.6) is 0 Å². The highest BCUT2D eigenvalue weighted by molar-refractivity contribution is 5.97. The second-order valence-electron chi connectivity index (χ2n) is 8.06. The first-order valence-electron chi connectivity index (χ1n) is 10.3. The Balaban J connectivity index is 1.27. The fourth-order valence-electron chi connectivity index (χ4n) is 4.50. The standard InChI is InChI=1S/C23H23N5O2/c1-13-24-19-11-8-15(12-20(19)25-13)22(29)26-16-9-6-14(7-10-16)21-17-4-2-3-5-18(17)23(30)28-27-21/h2-5,8,11-12,14,16H,6-7,9-10H2,1H3,(H,24,25)(H,26,29)(H,28,30)/t14-,16-. The Kier molecular flexibility index (Phi) is 4.58. The lowest BCUT2D eigenvalue weighted by Gasteiger charge is -2.29. The van der Waals surface area contributed by atoms with E-state index >= 15 is 0 Å². The van der Waals surface area contributed by atoms with Gasteiger partial charge < -0.3 is 10.3 Å². The van der Waals surface area contributed by atoms with Gasteiger partial charge in [0.05, 0.1) is 22.1 Å². The normalized spacial score (nSPS) is 19.2. The van der Waals surface area contributed by atoms with Crippen LogP contribution >= 0.6 is 0 Å². The first kappa shape index (κ1) is 18.5. The molecule has 3 N–H and O–H groups in total. The molecule has 1 saturated carbocycles. The van der Waals surface area contributed by atoms with Crippen molar-refractivity contribution in [1.29, 1.82) is 0 Å². The van der Waals surface area contributed by atoms with Crippen molar-refractivity contribution in [1.82, 2.24) is 25.5 Å². The molecule has 0 bridgehead atoms. The molecular formula is C23H23N5O2. The van der Waals surface area contributed by atoms with Crippen LogP contribution in [0.2, 0.25) is 0 Å². The SMILES string of the molecule is Cc1nc2cc(C(=O)N[C@H]3CC[C@H](c4n[nH]c(=O)c5ccccc54)CC3)ccc2[nH]1. The lowest BCUT2D eigenvalue weighted by atomic mass is 9.82. The molecule has 4 aromatic rings. The summed E-state index contributed by atoms with van der Waals surface area (Å²) < 4.78 is 0. The average molecular weight is 401 g/mol. The molecule has 2 aromatic heterocycles. The second-order valence-corrected chi connectivity index (χ2v) is 8.06. The van der Waals surface area contributed by atoms with Gasteiger partial charge in [-0.3, -0.25) is 9.59 Å². The maximum absolute atomic E-state index is 12.7. The lowest BCUT2D eigenvalue weighted by molar-refractivity contribution is 0.0926. The summed E-state index contributed by atoms with van der Waals surface area (Å²) in [4.78, 5) is 32.3. The molecule has 1 amide bonds. The van der Waals surface area contributed by atoms with Gasteiger partial charge in [-0.2, -0.15) is 5.10 Å². The maximum atomic E-state index is 12.7. The molecule has 0 radical (unpaired) electrons. The third-order valence-corrected chi connectivity index (χ3v) is 6.04. The number of benzene rings is 2. The molecule has 2 heterocycles. The molecule has 0 saturated heterocycles. The topological polar surface area (TPSA) is 104 Å². The fourth-order valence-corrected chi connectivity index (χ4v) is 4.50. The van der Waals surface area contributed by atoms with Crippen molar-refractivity contribution in [2.45, 2.75) is 44.6 Å². The fraction of sp³-hybridized carbons (Fsp3) is 0.304. The van der Waals surface area contributed by atoms with Gasteiger partial charge in [0.2, 0.25) is 0 Å². The Hall–Kier alpha value is -3.48. The number of carbonyl (C=O) groups excluding carboxylic acids is 1. The zero-order chi connectivity index (χ0) is 20.7. The van der Waals surface area contributed by atoms with E-state index in [-0.39, 0.29) is 23.4 Å². The molecule has 1 aliphatic rings. The first-order chi connectivity index (χ1) is 14.6. The highest BCUT2D eigenvalue weighted by Crippen LogP contribution is 2.34. The van der Waals surface area contributed by atoms with Crippen molar-refractivity contribution >= 4 is 27.7 Å². The number of aromatic nitrogens is 4. The molecule has 0 atom stereocenters. The molecule has 1 aliphatic carbocycles. The summed E-state index contributed by atoms with van der Waals surface area (Å²) in [5.74, 6) is 1.06. The van der Waals surface area contributed by atoms with Gasteiger partial charge in [0.15, 0.2) is 0 Å². The van der Waals surface area contributed by atoms with Gasteiger partial charge in [0.1, 0.15) is 5.82 Å². The van der Waals surface area contributed by atoms with Crippen molar-refractivity contribution in [3.8, 4) is 0 Å². The number of nitrogens with zero attached hydrogens (tertiary/aromatic N) is 2. The van der Waals surface area contributed by atoms with Crippen LogP contribution in [0.1, 0.15) is 53.5 Å². The summed E-state index contributed by atoms with van der Waals surface area (Å²) in [6.07, 6.45) is 3.61. The highest BCUT2D eigenvalue weighted by atomic mass is 16.1. The molecule has 0 spiro atoms. The third-order valence-electron chi connectivity index (χ3n) is 6.04. The number of aromatic amines is 2. The van der Waals surface area contributed by atoms with Crippen LogP contribution in [0.4, 0.5) is 0 Å². The van der Waals surface area contributed by atoms with Gasteiger partial charge in [-0.15, -0.1) is 0 Å². The zero-order valence-corrected chi connectivity index (χ0v) is 16.7. The van der Waals surface area contributed by atoms with E-state index in [1.54, 1.807) is 0 Å². The number of hydrogen-bond acceptors (Lipinski definition) is 4. The van der Waals surface area contributed by atoms with E-state index in [1.165, 1.54) is 0 Å². The van der Waals surface area contributed by atoms with E-state index < -0.39 is 0 Å². The number of hydrogen-bond donors (Lipinski definition) is 3. The second kappa shape index (κ2) is 7.40. The lowest BCUT2D eigenvalue weighted by Crippen LogP contribution is -2.37. The van der Waals surface area contributed by atoms with Gasteiger partial charge in [-0.05, 0) is 56.9 Å². The summed E-state index contributed by atoms with van der Waals surface area (Å²) in [5.41, 5.74) is 3.17. The third kappa shape index (κ3) is 3.36. The quantitative estimate of drug-likeness (QED) is 0.488. The number of carbonyl (C=O) groups is 1. The van der Waals surface area contributed by atoms with Crippen molar-refractivity contribution < 1.29 is 4.79 Å². The van der Waals surface area contributed by atoms with Gasteiger partial charge in [0, 0.05) is 22.9 Å². The summed E-state index contributed by atoms with van der Waals surface area (Å²) in [6, 6.07) is 13.3. The Morgan fingerprint density at radius 2 is 1.83 bits per heavy atom. The minimum Gasteiger partial charge on any atom is -0.349 e. The number of aryl methyl sites for hydroxylation is 1. The predicted octanol–water partition coefficient (Wildman–Crippen LogP) is 3.56. The molecule has 5 rings (SSSR count). The van der Waals surface area contributed by atoms with Crippen LogP contribution < -0.4 is 10.9 Å². The smallest absolute Gasteiger partial charge is 0.272 e. The van der Waals surface area contributed by atoms with Crippen molar-refractivity contribution in [3.63, 3.8) is 0 Å². The minimum atomic E-state index is -0.153. The van der Waals surface area contributed by atoms with Gasteiger partial charge in [-0.25, -0.2) is 10.1 Å². The highest BCUT2D eigenvalue weighted by Gasteiger charge is 2.26. The maximum Gasteiger partial charge on any atom is 0.272 e. The number of H-pyrrole nitrogens is 2. The molecule has 1 fully saturated rings. The van der Waals surface area contributed by atoms with Crippen molar-refractivity contribution in [2.75, 3.05) is 0 Å². The van der Waals surface area contributed by atoms with Crippen LogP contribution in [0.15, 0.2) is 47.3 Å². The summed E-state index contributed by atoms with van der Waals surface area (Å²) in [5, 5.41) is 11.8. The molecule has 0 unspecified atom stereocenters.